The van der Waals surface area contributed by atoms with Crippen LogP contribution in [-0.4, -0.2) is 13.4 Å². The van der Waals surface area contributed by atoms with Gasteiger partial charge in [-0.05, 0) is 36.8 Å². The molecule has 0 spiro atoms. The van der Waals surface area contributed by atoms with Gasteiger partial charge in [0.15, 0.2) is 0 Å². The summed E-state index contributed by atoms with van der Waals surface area (Å²) in [6.07, 6.45) is 1.47. The number of rotatable bonds is 3. The Morgan fingerprint density at radius 2 is 1.46 bits per heavy atom. The zero-order valence-electron chi connectivity index (χ0n) is 14.3. The predicted molar refractivity (Wildman–Crippen MR) is 104 cm³/mol. The lowest BCUT2D eigenvalue weighted by Gasteiger charge is -2.14. The number of aromatic nitrogens is 1. The maximum atomic E-state index is 13.3. The number of pyridine rings is 1. The number of hydrogen-bond acceptors (Lipinski definition) is 3. The van der Waals surface area contributed by atoms with Crippen molar-refractivity contribution in [1.29, 1.82) is 0 Å². The van der Waals surface area contributed by atoms with Crippen LogP contribution in [0.15, 0.2) is 94.9 Å². The van der Waals surface area contributed by atoms with Crippen LogP contribution in [0.2, 0.25) is 0 Å². The summed E-state index contributed by atoms with van der Waals surface area (Å²) in [6, 6.07) is 24.0. The smallest absolute Gasteiger partial charge is 0.208 e. The molecule has 4 rings (SSSR count). The Hall–Kier alpha value is -2.98. The van der Waals surface area contributed by atoms with Crippen LogP contribution in [0.3, 0.4) is 0 Å². The highest BCUT2D eigenvalue weighted by atomic mass is 32.2. The second kappa shape index (κ2) is 6.39. The average Bonchev–Trinajstić information content (AvgIpc) is 2.68. The van der Waals surface area contributed by atoms with Crippen molar-refractivity contribution in [3.8, 4) is 11.1 Å². The molecule has 0 fully saturated rings. The van der Waals surface area contributed by atoms with E-state index >= 15 is 0 Å². The van der Waals surface area contributed by atoms with Gasteiger partial charge in [-0.1, -0.05) is 60.2 Å². The van der Waals surface area contributed by atoms with Gasteiger partial charge >= 0.3 is 0 Å². The zero-order chi connectivity index (χ0) is 18.1. The van der Waals surface area contributed by atoms with Gasteiger partial charge in [0.2, 0.25) is 9.84 Å². The number of sulfone groups is 1. The van der Waals surface area contributed by atoms with Gasteiger partial charge in [0.1, 0.15) is 0 Å². The first-order chi connectivity index (χ1) is 12.6. The molecule has 0 bridgehead atoms. The van der Waals surface area contributed by atoms with E-state index < -0.39 is 9.84 Å². The molecule has 0 aliphatic rings. The van der Waals surface area contributed by atoms with E-state index in [1.54, 1.807) is 30.3 Å². The number of aryl methyl sites for hydroxylation is 1. The topological polar surface area (TPSA) is 47.0 Å². The molecule has 1 heterocycles. The lowest BCUT2D eigenvalue weighted by molar-refractivity contribution is 0.596. The molecule has 0 atom stereocenters. The standard InChI is InChI=1S/C22H17NO2S/c1-16-12-13-20-19(14-16)22(17-8-4-2-5-9-17)21(15-23-20)26(24,25)18-10-6-3-7-11-18/h2-15H,1H3. The summed E-state index contributed by atoms with van der Waals surface area (Å²) in [5, 5.41) is 0.841. The van der Waals surface area contributed by atoms with E-state index in [-0.39, 0.29) is 9.79 Å². The third-order valence-electron chi connectivity index (χ3n) is 4.39. The highest BCUT2D eigenvalue weighted by Crippen LogP contribution is 2.36. The molecule has 0 unspecified atom stereocenters. The Labute approximate surface area is 152 Å². The Morgan fingerprint density at radius 3 is 2.15 bits per heavy atom. The van der Waals surface area contributed by atoms with Crippen LogP contribution < -0.4 is 0 Å². The van der Waals surface area contributed by atoms with Crippen LogP contribution in [0.4, 0.5) is 0 Å². The van der Waals surface area contributed by atoms with Crippen molar-refractivity contribution in [2.75, 3.05) is 0 Å². The first-order valence-electron chi connectivity index (χ1n) is 8.32. The molecule has 3 aromatic carbocycles. The van der Waals surface area contributed by atoms with Gasteiger partial charge in [0.25, 0.3) is 0 Å². The average molecular weight is 359 g/mol. The van der Waals surface area contributed by atoms with Crippen LogP contribution in [0.25, 0.3) is 22.0 Å². The first kappa shape index (κ1) is 16.5. The van der Waals surface area contributed by atoms with E-state index in [0.29, 0.717) is 5.56 Å². The highest BCUT2D eigenvalue weighted by molar-refractivity contribution is 7.91. The van der Waals surface area contributed by atoms with Crippen LogP contribution in [0.1, 0.15) is 5.56 Å². The fourth-order valence-electron chi connectivity index (χ4n) is 3.12. The summed E-state index contributed by atoms with van der Waals surface area (Å²) in [5.74, 6) is 0. The van der Waals surface area contributed by atoms with Gasteiger partial charge < -0.3 is 0 Å². The van der Waals surface area contributed by atoms with Gasteiger partial charge in [0.05, 0.1) is 15.3 Å². The van der Waals surface area contributed by atoms with Crippen molar-refractivity contribution in [3.05, 3.63) is 90.6 Å². The summed E-state index contributed by atoms with van der Waals surface area (Å²) >= 11 is 0. The van der Waals surface area contributed by atoms with Crippen LogP contribution in [0, 0.1) is 6.92 Å². The lowest BCUT2D eigenvalue weighted by atomic mass is 10.00. The van der Waals surface area contributed by atoms with Gasteiger partial charge in [-0.2, -0.15) is 0 Å². The van der Waals surface area contributed by atoms with Crippen LogP contribution in [-0.2, 0) is 9.84 Å². The summed E-state index contributed by atoms with van der Waals surface area (Å²) < 4.78 is 26.6. The Morgan fingerprint density at radius 1 is 0.808 bits per heavy atom. The third kappa shape index (κ3) is 2.78. The molecule has 4 aromatic rings. The second-order valence-corrected chi connectivity index (χ2v) is 8.12. The van der Waals surface area contributed by atoms with Crippen LogP contribution in [0.5, 0.6) is 0 Å². The molecular weight excluding hydrogens is 342 g/mol. The van der Waals surface area contributed by atoms with Gasteiger partial charge in [-0.15, -0.1) is 0 Å². The summed E-state index contributed by atoms with van der Waals surface area (Å²) in [6.45, 7) is 1.99. The van der Waals surface area contributed by atoms with E-state index in [4.69, 9.17) is 0 Å². The molecule has 0 amide bonds. The summed E-state index contributed by atoms with van der Waals surface area (Å²) in [7, 11) is -3.68. The Kier molecular flexibility index (Phi) is 4.05. The molecule has 3 nitrogen and oxygen atoms in total. The Balaban J connectivity index is 2.11. The lowest BCUT2D eigenvalue weighted by Crippen LogP contribution is -2.05. The zero-order valence-corrected chi connectivity index (χ0v) is 15.1. The molecule has 0 saturated heterocycles. The fourth-order valence-corrected chi connectivity index (χ4v) is 4.58. The number of hydrogen-bond donors (Lipinski definition) is 0. The molecular formula is C22H17NO2S. The van der Waals surface area contributed by atoms with E-state index in [1.165, 1.54) is 6.20 Å². The van der Waals surface area contributed by atoms with Crippen molar-refractivity contribution in [1.82, 2.24) is 4.98 Å². The second-order valence-electron chi connectivity index (χ2n) is 6.20. The van der Waals surface area contributed by atoms with Crippen molar-refractivity contribution in [2.45, 2.75) is 16.7 Å². The van der Waals surface area contributed by atoms with Gasteiger partial charge in [-0.3, -0.25) is 4.98 Å². The number of nitrogens with zero attached hydrogens (tertiary/aromatic N) is 1. The molecule has 0 aliphatic carbocycles. The minimum Gasteiger partial charge on any atom is -0.255 e. The summed E-state index contributed by atoms with van der Waals surface area (Å²) in [4.78, 5) is 4.92. The largest absolute Gasteiger partial charge is 0.255 e. The Bertz CT molecular complexity index is 1180. The number of fused-ring (bicyclic) bond motifs is 1. The monoisotopic (exact) mass is 359 g/mol. The summed E-state index contributed by atoms with van der Waals surface area (Å²) in [5.41, 5.74) is 3.40. The molecule has 128 valence electrons. The molecule has 0 N–H and O–H groups in total. The maximum Gasteiger partial charge on any atom is 0.208 e. The molecule has 0 aliphatic heterocycles. The van der Waals surface area contributed by atoms with Crippen molar-refractivity contribution in [3.63, 3.8) is 0 Å². The van der Waals surface area contributed by atoms with E-state index in [1.807, 2.05) is 55.5 Å². The first-order valence-corrected chi connectivity index (χ1v) is 9.80. The normalized spacial score (nSPS) is 11.6. The number of benzene rings is 3. The van der Waals surface area contributed by atoms with Gasteiger partial charge in [-0.25, -0.2) is 8.42 Å². The molecule has 0 radical (unpaired) electrons. The van der Waals surface area contributed by atoms with E-state index in [2.05, 4.69) is 4.98 Å². The molecule has 4 heteroatoms. The van der Waals surface area contributed by atoms with E-state index in [0.717, 1.165) is 22.0 Å². The minimum atomic E-state index is -3.68. The molecule has 1 aromatic heterocycles. The predicted octanol–water partition coefficient (Wildman–Crippen LogP) is 5.04. The highest BCUT2D eigenvalue weighted by Gasteiger charge is 2.24. The quantitative estimate of drug-likeness (QED) is 0.515. The molecule has 0 saturated carbocycles. The van der Waals surface area contributed by atoms with Crippen LogP contribution >= 0.6 is 0 Å². The van der Waals surface area contributed by atoms with E-state index in [9.17, 15) is 8.42 Å². The van der Waals surface area contributed by atoms with Gasteiger partial charge in [0, 0.05) is 17.1 Å². The SMILES string of the molecule is Cc1ccc2ncc(S(=O)(=O)c3ccccc3)c(-c3ccccc3)c2c1. The minimum absolute atomic E-state index is 0.230. The maximum absolute atomic E-state index is 13.3. The van der Waals surface area contributed by atoms with Crippen molar-refractivity contribution < 1.29 is 8.42 Å². The molecule has 26 heavy (non-hydrogen) atoms. The third-order valence-corrected chi connectivity index (χ3v) is 6.18. The van der Waals surface area contributed by atoms with Crippen molar-refractivity contribution in [2.24, 2.45) is 0 Å². The fraction of sp³-hybridized carbons (Fsp3) is 0.0455. The van der Waals surface area contributed by atoms with Crippen molar-refractivity contribution >= 4 is 20.7 Å².